The highest BCUT2D eigenvalue weighted by Gasteiger charge is 2.11. The van der Waals surface area contributed by atoms with Crippen molar-refractivity contribution in [1.82, 2.24) is 10.3 Å². The Hall–Kier alpha value is -0.940. The summed E-state index contributed by atoms with van der Waals surface area (Å²) >= 11 is 2.34. The van der Waals surface area contributed by atoms with Gasteiger partial charge in [-0.25, -0.2) is 0 Å². The topological polar surface area (TPSA) is 24.9 Å². The van der Waals surface area contributed by atoms with Gasteiger partial charge in [-0.05, 0) is 65.9 Å². The van der Waals surface area contributed by atoms with Crippen LogP contribution in [0.5, 0.6) is 0 Å². The number of pyridine rings is 1. The van der Waals surface area contributed by atoms with Gasteiger partial charge in [-0.15, -0.1) is 0 Å². The average Bonchev–Trinajstić information content (AvgIpc) is 2.33. The van der Waals surface area contributed by atoms with Gasteiger partial charge in [0.2, 0.25) is 0 Å². The smallest absolute Gasteiger partial charge is 0.0589 e. The van der Waals surface area contributed by atoms with Crippen molar-refractivity contribution in [1.29, 1.82) is 0 Å². The molecule has 0 amide bonds. The molecule has 1 unspecified atom stereocenters. The van der Waals surface area contributed by atoms with Crippen LogP contribution in [0.2, 0.25) is 0 Å². The number of nitrogens with one attached hydrogen (secondary N) is 1. The molecule has 2 rings (SSSR count). The molecule has 1 N–H and O–H groups in total. The second-order valence-corrected chi connectivity index (χ2v) is 5.26. The highest BCUT2D eigenvalue weighted by Crippen LogP contribution is 2.22. The number of hydrogen-bond acceptors (Lipinski definition) is 2. The Morgan fingerprint density at radius 1 is 1.18 bits per heavy atom. The lowest BCUT2D eigenvalue weighted by atomic mass is 10.0. The molecule has 0 aliphatic heterocycles. The Morgan fingerprint density at radius 3 is 2.59 bits per heavy atom. The van der Waals surface area contributed by atoms with E-state index in [0.717, 1.165) is 5.69 Å². The lowest BCUT2D eigenvalue weighted by Crippen LogP contribution is -2.17. The minimum Gasteiger partial charge on any atom is -0.309 e. The van der Waals surface area contributed by atoms with Crippen LogP contribution in [-0.2, 0) is 0 Å². The van der Waals surface area contributed by atoms with E-state index in [0.29, 0.717) is 0 Å². The summed E-state index contributed by atoms with van der Waals surface area (Å²) in [4.78, 5) is 4.35. The zero-order valence-corrected chi connectivity index (χ0v) is 12.1. The van der Waals surface area contributed by atoms with Crippen LogP contribution in [0.3, 0.4) is 0 Å². The van der Waals surface area contributed by atoms with E-state index in [2.05, 4.69) is 63.2 Å². The molecule has 0 bridgehead atoms. The highest BCUT2D eigenvalue weighted by atomic mass is 127. The van der Waals surface area contributed by atoms with E-state index >= 15 is 0 Å². The third kappa shape index (κ3) is 3.04. The van der Waals surface area contributed by atoms with Crippen molar-refractivity contribution < 1.29 is 0 Å². The van der Waals surface area contributed by atoms with Crippen molar-refractivity contribution in [2.45, 2.75) is 13.0 Å². The van der Waals surface area contributed by atoms with E-state index in [4.69, 9.17) is 0 Å². The zero-order valence-electron chi connectivity index (χ0n) is 9.94. The summed E-state index contributed by atoms with van der Waals surface area (Å²) in [5, 5.41) is 3.34. The number of aromatic nitrogens is 1. The molecule has 1 atom stereocenters. The van der Waals surface area contributed by atoms with E-state index in [9.17, 15) is 0 Å². The van der Waals surface area contributed by atoms with Crippen LogP contribution in [0.15, 0.2) is 42.6 Å². The van der Waals surface area contributed by atoms with Crippen LogP contribution in [0, 0.1) is 10.5 Å². The van der Waals surface area contributed by atoms with Gasteiger partial charge in [0.1, 0.15) is 0 Å². The van der Waals surface area contributed by atoms with E-state index in [1.165, 1.54) is 14.7 Å². The SMILES string of the molecule is CNC(c1ccc(C)nc1)c1cccc(I)c1. The molecule has 1 aromatic heterocycles. The zero-order chi connectivity index (χ0) is 12.3. The number of benzene rings is 1. The fourth-order valence-electron chi connectivity index (χ4n) is 1.86. The van der Waals surface area contributed by atoms with Gasteiger partial charge in [-0.3, -0.25) is 4.98 Å². The van der Waals surface area contributed by atoms with Crippen molar-refractivity contribution in [2.24, 2.45) is 0 Å². The van der Waals surface area contributed by atoms with E-state index < -0.39 is 0 Å². The summed E-state index contributed by atoms with van der Waals surface area (Å²) in [6.07, 6.45) is 1.94. The highest BCUT2D eigenvalue weighted by molar-refractivity contribution is 14.1. The summed E-state index contributed by atoms with van der Waals surface area (Å²) in [5.74, 6) is 0. The van der Waals surface area contributed by atoms with Crippen molar-refractivity contribution in [3.8, 4) is 0 Å². The van der Waals surface area contributed by atoms with Crippen LogP contribution in [0.4, 0.5) is 0 Å². The number of aryl methyl sites for hydroxylation is 1. The molecule has 0 aliphatic carbocycles. The van der Waals surface area contributed by atoms with Gasteiger partial charge < -0.3 is 5.32 Å². The first-order valence-corrected chi connectivity index (χ1v) is 6.64. The summed E-state index contributed by atoms with van der Waals surface area (Å²) in [6.45, 7) is 2.00. The third-order valence-electron chi connectivity index (χ3n) is 2.74. The van der Waals surface area contributed by atoms with Gasteiger partial charge in [-0.2, -0.15) is 0 Å². The number of nitrogens with zero attached hydrogens (tertiary/aromatic N) is 1. The molecule has 2 nitrogen and oxygen atoms in total. The van der Waals surface area contributed by atoms with Crippen molar-refractivity contribution in [3.63, 3.8) is 0 Å². The second kappa shape index (κ2) is 5.60. The summed E-state index contributed by atoms with van der Waals surface area (Å²) < 4.78 is 1.25. The van der Waals surface area contributed by atoms with Crippen LogP contribution >= 0.6 is 22.6 Å². The molecule has 0 saturated carbocycles. The number of hydrogen-bond donors (Lipinski definition) is 1. The predicted octanol–water partition coefficient (Wildman–Crippen LogP) is 3.30. The standard InChI is InChI=1S/C14H15IN2/c1-10-6-7-12(9-17-10)14(16-2)11-4-3-5-13(15)8-11/h3-9,14,16H,1-2H3. The molecule has 0 radical (unpaired) electrons. The lowest BCUT2D eigenvalue weighted by Gasteiger charge is -2.17. The summed E-state index contributed by atoms with van der Waals surface area (Å²) in [6, 6.07) is 12.9. The van der Waals surface area contributed by atoms with E-state index in [1.54, 1.807) is 0 Å². The van der Waals surface area contributed by atoms with Gasteiger partial charge in [0.05, 0.1) is 6.04 Å². The minimum atomic E-state index is 0.206. The number of rotatable bonds is 3. The monoisotopic (exact) mass is 338 g/mol. The minimum absolute atomic E-state index is 0.206. The van der Waals surface area contributed by atoms with Crippen LogP contribution < -0.4 is 5.32 Å². The predicted molar refractivity (Wildman–Crippen MR) is 79.0 cm³/mol. The van der Waals surface area contributed by atoms with Crippen LogP contribution in [0.25, 0.3) is 0 Å². The lowest BCUT2D eigenvalue weighted by molar-refractivity contribution is 0.688. The fourth-order valence-corrected chi connectivity index (χ4v) is 2.43. The summed E-state index contributed by atoms with van der Waals surface area (Å²) in [7, 11) is 1.98. The van der Waals surface area contributed by atoms with Crippen LogP contribution in [-0.4, -0.2) is 12.0 Å². The Morgan fingerprint density at radius 2 is 2.00 bits per heavy atom. The molecular weight excluding hydrogens is 323 g/mol. The van der Waals surface area contributed by atoms with Crippen LogP contribution in [0.1, 0.15) is 22.9 Å². The Labute approximate surface area is 116 Å². The third-order valence-corrected chi connectivity index (χ3v) is 3.41. The van der Waals surface area contributed by atoms with Gasteiger partial charge >= 0.3 is 0 Å². The average molecular weight is 338 g/mol. The largest absolute Gasteiger partial charge is 0.309 e. The molecule has 0 aliphatic rings. The Balaban J connectivity index is 2.36. The maximum Gasteiger partial charge on any atom is 0.0589 e. The van der Waals surface area contributed by atoms with Gasteiger partial charge in [-0.1, -0.05) is 18.2 Å². The molecular formula is C14H15IN2. The quantitative estimate of drug-likeness (QED) is 0.869. The molecule has 17 heavy (non-hydrogen) atoms. The van der Waals surface area contributed by atoms with Gasteiger partial charge in [0.25, 0.3) is 0 Å². The Bertz CT molecular complexity index is 494. The first kappa shape index (κ1) is 12.5. The molecule has 88 valence electrons. The normalized spacial score (nSPS) is 12.4. The molecule has 1 heterocycles. The first-order chi connectivity index (χ1) is 8.20. The van der Waals surface area contributed by atoms with Gasteiger partial charge in [0.15, 0.2) is 0 Å². The van der Waals surface area contributed by atoms with Crippen molar-refractivity contribution >= 4 is 22.6 Å². The van der Waals surface area contributed by atoms with Crippen molar-refractivity contribution in [3.05, 3.63) is 63.0 Å². The molecule has 0 saturated heterocycles. The van der Waals surface area contributed by atoms with Gasteiger partial charge in [0, 0.05) is 15.5 Å². The maximum atomic E-state index is 4.35. The maximum absolute atomic E-state index is 4.35. The molecule has 0 fully saturated rings. The van der Waals surface area contributed by atoms with E-state index in [1.807, 2.05) is 26.2 Å². The molecule has 2 aromatic rings. The van der Waals surface area contributed by atoms with E-state index in [-0.39, 0.29) is 6.04 Å². The molecule has 3 heteroatoms. The second-order valence-electron chi connectivity index (χ2n) is 4.01. The van der Waals surface area contributed by atoms with Crippen molar-refractivity contribution in [2.75, 3.05) is 7.05 Å². The Kier molecular flexibility index (Phi) is 4.12. The first-order valence-electron chi connectivity index (χ1n) is 5.56. The molecule has 1 aromatic carbocycles. The fraction of sp³-hybridized carbons (Fsp3) is 0.214. The number of halogens is 1. The summed E-state index contributed by atoms with van der Waals surface area (Å²) in [5.41, 5.74) is 3.51. The molecule has 0 spiro atoms.